The molecule has 1 rings (SSSR count). The van der Waals surface area contributed by atoms with E-state index in [1.54, 1.807) is 11.3 Å². The van der Waals surface area contributed by atoms with Gasteiger partial charge in [-0.3, -0.25) is 0 Å². The molecule has 0 aliphatic carbocycles. The first kappa shape index (κ1) is 11.7. The minimum Gasteiger partial charge on any atom is -0.396 e. The van der Waals surface area contributed by atoms with Gasteiger partial charge in [-0.15, -0.1) is 10.2 Å². The Balaban J connectivity index is 2.27. The summed E-state index contributed by atoms with van der Waals surface area (Å²) in [5.74, 6) is 0.684. The van der Waals surface area contributed by atoms with Crippen molar-refractivity contribution in [2.24, 2.45) is 0 Å². The second-order valence-electron chi connectivity index (χ2n) is 2.73. The molecule has 6 heteroatoms. The highest BCUT2D eigenvalue weighted by Crippen LogP contribution is 2.24. The van der Waals surface area contributed by atoms with Crippen molar-refractivity contribution < 1.29 is 5.11 Å². The Bertz CT molecular complexity index is 254. The Morgan fingerprint density at radius 3 is 3.07 bits per heavy atom. The van der Waals surface area contributed by atoms with Gasteiger partial charge < -0.3 is 10.4 Å². The van der Waals surface area contributed by atoms with E-state index in [-0.39, 0.29) is 6.61 Å². The molecule has 0 unspecified atom stereocenters. The Morgan fingerprint density at radius 2 is 2.36 bits per heavy atom. The van der Waals surface area contributed by atoms with E-state index in [1.807, 2.05) is 0 Å². The van der Waals surface area contributed by atoms with Crippen molar-refractivity contribution in [2.45, 2.75) is 24.1 Å². The maximum atomic E-state index is 8.63. The van der Waals surface area contributed by atoms with Crippen molar-refractivity contribution in [3.63, 3.8) is 0 Å². The molecule has 80 valence electrons. The summed E-state index contributed by atoms with van der Waals surface area (Å²) in [6.45, 7) is 3.29. The van der Waals surface area contributed by atoms with E-state index >= 15 is 0 Å². The zero-order valence-electron chi connectivity index (χ0n) is 8.19. The number of aliphatic hydroxyl groups excluding tert-OH is 1. The molecule has 1 aromatic rings. The lowest BCUT2D eigenvalue weighted by molar-refractivity contribution is 0.322. The third kappa shape index (κ3) is 4.26. The van der Waals surface area contributed by atoms with Crippen LogP contribution in [0.25, 0.3) is 0 Å². The van der Waals surface area contributed by atoms with Crippen molar-refractivity contribution in [1.82, 2.24) is 10.2 Å². The molecule has 1 heterocycles. The first-order chi connectivity index (χ1) is 6.86. The van der Waals surface area contributed by atoms with Gasteiger partial charge in [-0.05, 0) is 6.42 Å². The van der Waals surface area contributed by atoms with Crippen molar-refractivity contribution in [3.05, 3.63) is 0 Å². The number of hydrogen-bond donors (Lipinski definition) is 2. The standard InChI is InChI=1S/C8H15N3OS2/c1-2-3-4-9-7-10-11-8(14-7)13-6-5-12/h12H,2-6H2,1H3,(H,9,10). The van der Waals surface area contributed by atoms with E-state index in [2.05, 4.69) is 22.4 Å². The molecule has 0 radical (unpaired) electrons. The van der Waals surface area contributed by atoms with Crippen LogP contribution in [0.3, 0.4) is 0 Å². The summed E-state index contributed by atoms with van der Waals surface area (Å²) in [6.07, 6.45) is 2.33. The quantitative estimate of drug-likeness (QED) is 0.556. The predicted molar refractivity (Wildman–Crippen MR) is 61.1 cm³/mol. The van der Waals surface area contributed by atoms with Gasteiger partial charge >= 0.3 is 0 Å². The Morgan fingerprint density at radius 1 is 1.50 bits per heavy atom. The molecule has 0 amide bonds. The molecule has 0 saturated carbocycles. The number of thioether (sulfide) groups is 1. The van der Waals surface area contributed by atoms with E-state index < -0.39 is 0 Å². The highest BCUT2D eigenvalue weighted by Gasteiger charge is 2.02. The average molecular weight is 233 g/mol. The fraction of sp³-hybridized carbons (Fsp3) is 0.750. The largest absolute Gasteiger partial charge is 0.396 e. The second-order valence-corrected chi connectivity index (χ2v) is 5.05. The van der Waals surface area contributed by atoms with Crippen molar-refractivity contribution >= 4 is 28.2 Å². The molecule has 4 nitrogen and oxygen atoms in total. The van der Waals surface area contributed by atoms with Crippen LogP contribution in [-0.2, 0) is 0 Å². The van der Waals surface area contributed by atoms with Gasteiger partial charge in [-0.25, -0.2) is 0 Å². The number of hydrogen-bond acceptors (Lipinski definition) is 6. The van der Waals surface area contributed by atoms with Gasteiger partial charge in [-0.2, -0.15) is 0 Å². The third-order valence-corrected chi connectivity index (χ3v) is 3.52. The zero-order chi connectivity index (χ0) is 10.2. The maximum Gasteiger partial charge on any atom is 0.206 e. The number of nitrogens with one attached hydrogen (secondary N) is 1. The number of unbranched alkanes of at least 4 members (excludes halogenated alkanes) is 1. The third-order valence-electron chi connectivity index (χ3n) is 1.53. The van der Waals surface area contributed by atoms with Crippen LogP contribution in [0.4, 0.5) is 5.13 Å². The molecular weight excluding hydrogens is 218 g/mol. The summed E-state index contributed by atoms with van der Waals surface area (Å²) in [5, 5.41) is 20.7. The van der Waals surface area contributed by atoms with Gasteiger partial charge in [-0.1, -0.05) is 36.4 Å². The fourth-order valence-corrected chi connectivity index (χ4v) is 2.43. The smallest absolute Gasteiger partial charge is 0.206 e. The van der Waals surface area contributed by atoms with Crippen LogP contribution in [0, 0.1) is 0 Å². The van der Waals surface area contributed by atoms with Gasteiger partial charge in [0.15, 0.2) is 4.34 Å². The van der Waals surface area contributed by atoms with Crippen LogP contribution < -0.4 is 5.32 Å². The number of rotatable bonds is 7. The van der Waals surface area contributed by atoms with Gasteiger partial charge in [0.1, 0.15) is 0 Å². The molecule has 0 saturated heterocycles. The molecule has 0 bridgehead atoms. The molecule has 0 aliphatic rings. The van der Waals surface area contributed by atoms with E-state index in [0.29, 0.717) is 5.75 Å². The van der Waals surface area contributed by atoms with Crippen LogP contribution in [0.1, 0.15) is 19.8 Å². The van der Waals surface area contributed by atoms with Gasteiger partial charge in [0.2, 0.25) is 5.13 Å². The van der Waals surface area contributed by atoms with Crippen molar-refractivity contribution in [2.75, 3.05) is 24.2 Å². The van der Waals surface area contributed by atoms with E-state index in [1.165, 1.54) is 18.2 Å². The minimum absolute atomic E-state index is 0.183. The van der Waals surface area contributed by atoms with Crippen LogP contribution >= 0.6 is 23.1 Å². The molecule has 1 aromatic heterocycles. The predicted octanol–water partition coefficient (Wildman–Crippen LogP) is 1.83. The average Bonchev–Trinajstić information content (AvgIpc) is 2.63. The molecule has 0 aliphatic heterocycles. The van der Waals surface area contributed by atoms with Crippen LogP contribution in [0.2, 0.25) is 0 Å². The topological polar surface area (TPSA) is 58.0 Å². The van der Waals surface area contributed by atoms with E-state index in [0.717, 1.165) is 22.4 Å². The maximum absolute atomic E-state index is 8.63. The monoisotopic (exact) mass is 233 g/mol. The Kier molecular flexibility index (Phi) is 5.89. The minimum atomic E-state index is 0.183. The van der Waals surface area contributed by atoms with Crippen molar-refractivity contribution in [3.8, 4) is 0 Å². The number of anilines is 1. The van der Waals surface area contributed by atoms with Crippen LogP contribution in [0.15, 0.2) is 4.34 Å². The summed E-state index contributed by atoms with van der Waals surface area (Å²) < 4.78 is 0.915. The SMILES string of the molecule is CCCCNc1nnc(SCCO)s1. The molecule has 2 N–H and O–H groups in total. The molecule has 14 heavy (non-hydrogen) atoms. The van der Waals surface area contributed by atoms with Crippen LogP contribution in [0.5, 0.6) is 0 Å². The Labute approximate surface area is 92.1 Å². The fourth-order valence-electron chi connectivity index (χ4n) is 0.845. The number of aromatic nitrogens is 2. The lowest BCUT2D eigenvalue weighted by atomic mass is 10.3. The highest BCUT2D eigenvalue weighted by atomic mass is 32.2. The summed E-state index contributed by atoms with van der Waals surface area (Å²) in [6, 6.07) is 0. The van der Waals surface area contributed by atoms with Crippen molar-refractivity contribution in [1.29, 1.82) is 0 Å². The lowest BCUT2D eigenvalue weighted by Gasteiger charge is -1.97. The first-order valence-corrected chi connectivity index (χ1v) is 6.48. The summed E-state index contributed by atoms with van der Waals surface area (Å²) in [5.41, 5.74) is 0. The molecule has 0 fully saturated rings. The normalized spacial score (nSPS) is 10.4. The first-order valence-electron chi connectivity index (χ1n) is 4.68. The van der Waals surface area contributed by atoms with Gasteiger partial charge in [0.05, 0.1) is 6.61 Å². The number of aliphatic hydroxyl groups is 1. The summed E-state index contributed by atoms with van der Waals surface area (Å²) >= 11 is 3.08. The molecule has 0 atom stereocenters. The van der Waals surface area contributed by atoms with E-state index in [9.17, 15) is 0 Å². The van der Waals surface area contributed by atoms with E-state index in [4.69, 9.17) is 5.11 Å². The highest BCUT2D eigenvalue weighted by molar-refractivity contribution is 8.01. The zero-order valence-corrected chi connectivity index (χ0v) is 9.83. The second kappa shape index (κ2) is 7.03. The molecule has 0 spiro atoms. The Hall–Kier alpha value is -0.330. The summed E-state index contributed by atoms with van der Waals surface area (Å²) in [4.78, 5) is 0. The van der Waals surface area contributed by atoms with Crippen LogP contribution in [-0.4, -0.2) is 34.2 Å². The number of nitrogens with zero attached hydrogens (tertiary/aromatic N) is 2. The molecule has 0 aromatic carbocycles. The lowest BCUT2D eigenvalue weighted by Crippen LogP contribution is -1.99. The van der Waals surface area contributed by atoms with Gasteiger partial charge in [0.25, 0.3) is 0 Å². The van der Waals surface area contributed by atoms with Gasteiger partial charge in [0, 0.05) is 12.3 Å². The molecular formula is C8H15N3OS2. The summed E-state index contributed by atoms with van der Waals surface area (Å²) in [7, 11) is 0.